The van der Waals surface area contributed by atoms with Crippen LogP contribution in [0.3, 0.4) is 0 Å². The van der Waals surface area contributed by atoms with Crippen molar-refractivity contribution in [3.05, 3.63) is 46.7 Å². The molecule has 0 radical (unpaired) electrons. The number of hydrogen-bond donors (Lipinski definition) is 1. The Hall–Kier alpha value is -2.88. The summed E-state index contributed by atoms with van der Waals surface area (Å²) in [5.74, 6) is 0.322. The average Bonchev–Trinajstić information content (AvgIpc) is 2.84. The number of aromatic nitrogens is 3. The Kier molecular flexibility index (Phi) is 5.42. The third-order valence-corrected chi connectivity index (χ3v) is 4.54. The molecule has 2 aromatic rings. The summed E-state index contributed by atoms with van der Waals surface area (Å²) < 4.78 is 33.6. The van der Waals surface area contributed by atoms with Crippen molar-refractivity contribution in [2.24, 2.45) is 7.05 Å². The molecule has 10 heteroatoms. The molecule has 1 heterocycles. The minimum atomic E-state index is -4.24. The van der Waals surface area contributed by atoms with Gasteiger partial charge in [-0.05, 0) is 32.1 Å². The first-order chi connectivity index (χ1) is 11.8. The first-order valence-corrected chi connectivity index (χ1v) is 8.87. The first-order valence-electron chi connectivity index (χ1n) is 7.39. The fourth-order valence-electron chi connectivity index (χ4n) is 2.04. The molecule has 0 saturated heterocycles. The van der Waals surface area contributed by atoms with E-state index in [9.17, 15) is 18.0 Å². The largest absolute Gasteiger partial charge is 0.492 e. The van der Waals surface area contributed by atoms with Crippen LogP contribution in [0.5, 0.6) is 5.75 Å². The second-order valence-corrected chi connectivity index (χ2v) is 6.55. The Morgan fingerprint density at radius 2 is 2.04 bits per heavy atom. The minimum Gasteiger partial charge on any atom is -0.492 e. The Bertz CT molecular complexity index is 972. The second kappa shape index (κ2) is 7.34. The maximum atomic E-state index is 12.5. The lowest BCUT2D eigenvalue weighted by atomic mass is 10.3. The summed E-state index contributed by atoms with van der Waals surface area (Å²) in [6, 6.07) is 4.70. The molecule has 0 spiro atoms. The highest BCUT2D eigenvalue weighted by Gasteiger charge is 2.25. The van der Waals surface area contributed by atoms with Crippen LogP contribution in [0.4, 0.5) is 4.79 Å². The highest BCUT2D eigenvalue weighted by molar-refractivity contribution is 7.90. The van der Waals surface area contributed by atoms with E-state index in [4.69, 9.17) is 4.74 Å². The van der Waals surface area contributed by atoms with Gasteiger partial charge < -0.3 is 4.74 Å². The van der Waals surface area contributed by atoms with E-state index in [1.54, 1.807) is 26.0 Å². The molecule has 0 aliphatic carbocycles. The van der Waals surface area contributed by atoms with Gasteiger partial charge in [0.05, 0.1) is 6.61 Å². The maximum absolute atomic E-state index is 12.5. The normalized spacial score (nSPS) is 11.6. The molecule has 134 valence electrons. The van der Waals surface area contributed by atoms with Gasteiger partial charge in [0.15, 0.2) is 5.82 Å². The van der Waals surface area contributed by atoms with Gasteiger partial charge in [0.2, 0.25) is 0 Å². The van der Waals surface area contributed by atoms with Crippen molar-refractivity contribution in [1.29, 1.82) is 0 Å². The molecular formula is C15H18N4O5S. The molecule has 0 saturated carbocycles. The lowest BCUT2D eigenvalue weighted by Crippen LogP contribution is -2.40. The Balaban J connectivity index is 2.38. The van der Waals surface area contributed by atoms with Crippen molar-refractivity contribution in [2.45, 2.75) is 18.7 Å². The molecule has 1 amide bonds. The summed E-state index contributed by atoms with van der Waals surface area (Å²) in [6.45, 7) is 3.68. The van der Waals surface area contributed by atoms with Crippen molar-refractivity contribution in [2.75, 3.05) is 6.61 Å². The van der Waals surface area contributed by atoms with Gasteiger partial charge >= 0.3 is 11.7 Å². The second-order valence-electron chi connectivity index (χ2n) is 4.90. The molecule has 0 atom stereocenters. The number of benzene rings is 1. The number of allylic oxidation sites excluding steroid dienone is 1. The van der Waals surface area contributed by atoms with E-state index in [0.717, 1.165) is 4.57 Å². The monoisotopic (exact) mass is 366 g/mol. The summed E-state index contributed by atoms with van der Waals surface area (Å²) in [5, 5.41) is 3.81. The third kappa shape index (κ3) is 3.79. The van der Waals surface area contributed by atoms with Crippen molar-refractivity contribution < 1.29 is 17.9 Å². The van der Waals surface area contributed by atoms with E-state index >= 15 is 0 Å². The van der Waals surface area contributed by atoms with E-state index in [0.29, 0.717) is 4.68 Å². The fourth-order valence-corrected chi connectivity index (χ4v) is 3.11. The quantitative estimate of drug-likeness (QED) is 0.843. The number of nitrogens with zero attached hydrogens (tertiary/aromatic N) is 3. The summed E-state index contributed by atoms with van der Waals surface area (Å²) >= 11 is 0. The minimum absolute atomic E-state index is 0.105. The number of rotatable bonds is 5. The zero-order chi connectivity index (χ0) is 18.6. The number of para-hydroxylation sites is 1. The molecule has 0 unspecified atom stereocenters. The zero-order valence-corrected chi connectivity index (χ0v) is 14.8. The van der Waals surface area contributed by atoms with Crippen molar-refractivity contribution >= 4 is 22.1 Å². The molecule has 25 heavy (non-hydrogen) atoms. The van der Waals surface area contributed by atoms with E-state index < -0.39 is 21.7 Å². The standard InChI is InChI=1S/C15H18N4O5S/c1-4-8-13-16-19(15(21)18(13)3)14(20)17-25(22,23)12-10-7-6-9-11(12)24-5-2/h4,6-10H,5H2,1-3H3,(H,17,20)/b8-4-. The van der Waals surface area contributed by atoms with Crippen LogP contribution in [-0.4, -0.2) is 35.4 Å². The average molecular weight is 366 g/mol. The van der Waals surface area contributed by atoms with Gasteiger partial charge in [-0.15, -0.1) is 9.78 Å². The molecule has 0 bridgehead atoms. The molecule has 0 fully saturated rings. The van der Waals surface area contributed by atoms with Gasteiger partial charge in [0, 0.05) is 7.05 Å². The fraction of sp³-hybridized carbons (Fsp3) is 0.267. The van der Waals surface area contributed by atoms with Crippen LogP contribution in [0.1, 0.15) is 19.7 Å². The molecule has 0 aliphatic heterocycles. The number of carbonyl (C=O) groups is 1. The van der Waals surface area contributed by atoms with Gasteiger partial charge in [-0.1, -0.05) is 18.2 Å². The number of sulfonamides is 1. The maximum Gasteiger partial charge on any atom is 0.360 e. The lowest BCUT2D eigenvalue weighted by Gasteiger charge is -2.11. The number of nitrogens with one attached hydrogen (secondary N) is 1. The van der Waals surface area contributed by atoms with E-state index in [2.05, 4.69) is 5.10 Å². The van der Waals surface area contributed by atoms with Gasteiger partial charge in [0.25, 0.3) is 10.0 Å². The summed E-state index contributed by atoms with van der Waals surface area (Å²) in [4.78, 5) is 24.1. The smallest absolute Gasteiger partial charge is 0.360 e. The predicted octanol–water partition coefficient (Wildman–Crippen LogP) is 0.960. The molecule has 1 aromatic heterocycles. The highest BCUT2D eigenvalue weighted by Crippen LogP contribution is 2.22. The Morgan fingerprint density at radius 1 is 1.36 bits per heavy atom. The van der Waals surface area contributed by atoms with Crippen LogP contribution < -0.4 is 15.1 Å². The van der Waals surface area contributed by atoms with Crippen LogP contribution in [0.25, 0.3) is 6.08 Å². The van der Waals surface area contributed by atoms with Crippen LogP contribution >= 0.6 is 0 Å². The topological polar surface area (TPSA) is 112 Å². The van der Waals surface area contributed by atoms with Crippen LogP contribution in [0.15, 0.2) is 40.0 Å². The van der Waals surface area contributed by atoms with Gasteiger partial charge in [-0.2, -0.15) is 0 Å². The third-order valence-electron chi connectivity index (χ3n) is 3.18. The lowest BCUT2D eigenvalue weighted by molar-refractivity contribution is 0.243. The van der Waals surface area contributed by atoms with Crippen molar-refractivity contribution in [3.63, 3.8) is 0 Å². The summed E-state index contributed by atoms with van der Waals surface area (Å²) in [5.41, 5.74) is -0.765. The Labute approximate surface area is 144 Å². The number of hydrogen-bond acceptors (Lipinski definition) is 6. The van der Waals surface area contributed by atoms with Crippen LogP contribution in [0, 0.1) is 0 Å². The molecule has 1 aromatic carbocycles. The van der Waals surface area contributed by atoms with Crippen LogP contribution in [0.2, 0.25) is 0 Å². The predicted molar refractivity (Wildman–Crippen MR) is 90.9 cm³/mol. The number of amides is 1. The zero-order valence-electron chi connectivity index (χ0n) is 14.0. The van der Waals surface area contributed by atoms with Crippen LogP contribution in [-0.2, 0) is 17.1 Å². The summed E-state index contributed by atoms with van der Waals surface area (Å²) in [6.07, 6.45) is 3.16. The van der Waals surface area contributed by atoms with Gasteiger partial charge in [0.1, 0.15) is 10.6 Å². The molecule has 0 aliphatic rings. The Morgan fingerprint density at radius 3 is 2.68 bits per heavy atom. The summed E-state index contributed by atoms with van der Waals surface area (Å²) in [7, 11) is -2.82. The van der Waals surface area contributed by atoms with Crippen molar-refractivity contribution in [3.8, 4) is 5.75 Å². The molecule has 9 nitrogen and oxygen atoms in total. The van der Waals surface area contributed by atoms with Crippen molar-refractivity contribution in [1.82, 2.24) is 19.1 Å². The van der Waals surface area contributed by atoms with E-state index in [-0.39, 0.29) is 23.1 Å². The molecule has 1 N–H and O–H groups in total. The van der Waals surface area contributed by atoms with Gasteiger partial charge in [-0.3, -0.25) is 4.57 Å². The number of carbonyl (C=O) groups excluding carboxylic acids is 1. The highest BCUT2D eigenvalue weighted by atomic mass is 32.2. The first kappa shape index (κ1) is 18.5. The van der Waals surface area contributed by atoms with E-state index in [1.807, 2.05) is 4.72 Å². The SMILES string of the molecule is C/C=C\c1nn(C(=O)NS(=O)(=O)c2ccccc2OCC)c(=O)n1C. The van der Waals surface area contributed by atoms with E-state index in [1.165, 1.54) is 31.3 Å². The van der Waals surface area contributed by atoms with Gasteiger partial charge in [-0.25, -0.2) is 22.7 Å². The number of ether oxygens (including phenoxy) is 1. The molecular weight excluding hydrogens is 348 g/mol. The molecule has 2 rings (SSSR count).